The number of rotatable bonds is 3. The van der Waals surface area contributed by atoms with Crippen molar-refractivity contribution in [3.8, 4) is 0 Å². The number of urea groups is 1. The van der Waals surface area contributed by atoms with Gasteiger partial charge in [0.25, 0.3) is 0 Å². The Hall–Kier alpha value is -2.05. The van der Waals surface area contributed by atoms with Crippen LogP contribution in [0.5, 0.6) is 0 Å². The van der Waals surface area contributed by atoms with E-state index in [1.165, 1.54) is 4.90 Å². The molecule has 0 saturated carbocycles. The minimum Gasteiger partial charge on any atom is -0.481 e. The lowest BCUT2D eigenvalue weighted by atomic mass is 9.90. The first-order valence-corrected chi connectivity index (χ1v) is 6.66. The fourth-order valence-corrected chi connectivity index (χ4v) is 2.19. The number of aliphatic carboxylic acids is 1. The highest BCUT2D eigenvalue weighted by atomic mass is 16.4. The molecule has 20 heavy (non-hydrogen) atoms. The summed E-state index contributed by atoms with van der Waals surface area (Å²) in [6, 6.07) is 1.65. The van der Waals surface area contributed by atoms with Crippen molar-refractivity contribution in [3.05, 3.63) is 12.3 Å². The number of likely N-dealkylation sites (tertiary alicyclic amines) is 1. The van der Waals surface area contributed by atoms with Crippen LogP contribution in [0.2, 0.25) is 0 Å². The maximum atomic E-state index is 12.1. The molecule has 2 amide bonds. The van der Waals surface area contributed by atoms with E-state index in [4.69, 9.17) is 5.11 Å². The second kappa shape index (κ2) is 5.15. The molecule has 1 aliphatic heterocycles. The van der Waals surface area contributed by atoms with E-state index >= 15 is 0 Å². The van der Waals surface area contributed by atoms with Crippen molar-refractivity contribution >= 4 is 17.8 Å². The average molecular weight is 280 g/mol. The number of nitrogens with zero attached hydrogens (tertiary/aromatic N) is 3. The zero-order valence-corrected chi connectivity index (χ0v) is 12.0. The predicted molar refractivity (Wildman–Crippen MR) is 73.6 cm³/mol. The van der Waals surface area contributed by atoms with Crippen LogP contribution in [0.15, 0.2) is 12.3 Å². The van der Waals surface area contributed by atoms with Crippen LogP contribution in [-0.4, -0.2) is 44.9 Å². The van der Waals surface area contributed by atoms with Gasteiger partial charge in [-0.25, -0.2) is 4.79 Å². The molecule has 110 valence electrons. The molecule has 1 aromatic rings. The van der Waals surface area contributed by atoms with Gasteiger partial charge in [-0.05, 0) is 27.2 Å². The monoisotopic (exact) mass is 280 g/mol. The molecule has 7 nitrogen and oxygen atoms in total. The highest BCUT2D eigenvalue weighted by Gasteiger charge is 2.42. The van der Waals surface area contributed by atoms with Gasteiger partial charge < -0.3 is 10.0 Å². The van der Waals surface area contributed by atoms with E-state index in [9.17, 15) is 9.59 Å². The van der Waals surface area contributed by atoms with Gasteiger partial charge in [0.2, 0.25) is 0 Å². The summed E-state index contributed by atoms with van der Waals surface area (Å²) < 4.78 is 1.75. The molecule has 1 aliphatic rings. The number of carbonyl (C=O) groups excluding carboxylic acids is 1. The second-order valence-electron chi connectivity index (χ2n) is 5.74. The van der Waals surface area contributed by atoms with Crippen molar-refractivity contribution < 1.29 is 14.7 Å². The van der Waals surface area contributed by atoms with Gasteiger partial charge in [0.1, 0.15) is 0 Å². The Labute approximate surface area is 117 Å². The first-order chi connectivity index (χ1) is 9.32. The van der Waals surface area contributed by atoms with Gasteiger partial charge in [-0.15, -0.1) is 0 Å². The van der Waals surface area contributed by atoms with Crippen LogP contribution in [0.3, 0.4) is 0 Å². The Morgan fingerprint density at radius 1 is 1.50 bits per heavy atom. The summed E-state index contributed by atoms with van der Waals surface area (Å²) in [6.45, 7) is 6.32. The van der Waals surface area contributed by atoms with Gasteiger partial charge in [-0.1, -0.05) is 0 Å². The lowest BCUT2D eigenvalue weighted by molar-refractivity contribution is -0.146. The van der Waals surface area contributed by atoms with Crippen LogP contribution < -0.4 is 5.32 Å². The van der Waals surface area contributed by atoms with Crippen LogP contribution in [0, 0.1) is 5.41 Å². The molecule has 0 spiro atoms. The molecule has 0 bridgehead atoms. The van der Waals surface area contributed by atoms with Crippen molar-refractivity contribution in [2.75, 3.05) is 18.4 Å². The number of carboxylic acids is 1. The number of carboxylic acid groups (broad SMARTS) is 1. The number of amides is 2. The van der Waals surface area contributed by atoms with Crippen molar-refractivity contribution in [3.63, 3.8) is 0 Å². The summed E-state index contributed by atoms with van der Waals surface area (Å²) in [5, 5.41) is 16.1. The van der Waals surface area contributed by atoms with E-state index in [1.54, 1.807) is 23.9 Å². The predicted octanol–water partition coefficient (Wildman–Crippen LogP) is 1.79. The van der Waals surface area contributed by atoms with Crippen LogP contribution in [0.4, 0.5) is 10.6 Å². The summed E-state index contributed by atoms with van der Waals surface area (Å²) in [5.41, 5.74) is -0.853. The Kier molecular flexibility index (Phi) is 3.69. The first kappa shape index (κ1) is 14.4. The van der Waals surface area contributed by atoms with Gasteiger partial charge in [-0.2, -0.15) is 5.10 Å². The maximum Gasteiger partial charge on any atom is 0.323 e. The van der Waals surface area contributed by atoms with Crippen molar-refractivity contribution in [2.45, 2.75) is 33.2 Å². The molecule has 1 saturated heterocycles. The van der Waals surface area contributed by atoms with Crippen LogP contribution in [0.1, 0.15) is 33.2 Å². The zero-order chi connectivity index (χ0) is 14.9. The van der Waals surface area contributed by atoms with Gasteiger partial charge in [0.05, 0.1) is 5.41 Å². The number of aromatic nitrogens is 2. The number of nitrogens with one attached hydrogen (secondary N) is 1. The van der Waals surface area contributed by atoms with Gasteiger partial charge >= 0.3 is 12.0 Å². The molecule has 1 aromatic heterocycles. The SMILES string of the molecule is CC(C)n1ccc(NC(=O)N2CCC(C)(C(=O)O)C2)n1. The standard InChI is InChI=1S/C13H20N4O3/c1-9(2)17-6-4-10(15-17)14-12(20)16-7-5-13(3,8-16)11(18)19/h4,6,9H,5,7-8H2,1-3H3,(H,18,19)(H,14,15,20). The third-order valence-corrected chi connectivity index (χ3v) is 3.65. The molecule has 0 aromatic carbocycles. The summed E-state index contributed by atoms with van der Waals surface area (Å²) in [6.07, 6.45) is 2.27. The molecular formula is C13H20N4O3. The third-order valence-electron chi connectivity index (χ3n) is 3.65. The minimum atomic E-state index is -0.864. The Bertz CT molecular complexity index is 525. The van der Waals surface area contributed by atoms with Gasteiger partial charge in [-0.3, -0.25) is 14.8 Å². The van der Waals surface area contributed by atoms with Crippen LogP contribution >= 0.6 is 0 Å². The fourth-order valence-electron chi connectivity index (χ4n) is 2.19. The zero-order valence-electron chi connectivity index (χ0n) is 12.0. The van der Waals surface area contributed by atoms with Crippen molar-refractivity contribution in [2.24, 2.45) is 5.41 Å². The summed E-state index contributed by atoms with van der Waals surface area (Å²) in [5.74, 6) is -0.385. The van der Waals surface area contributed by atoms with Gasteiger partial charge in [0.15, 0.2) is 5.82 Å². The largest absolute Gasteiger partial charge is 0.481 e. The van der Waals surface area contributed by atoms with E-state index < -0.39 is 11.4 Å². The number of anilines is 1. The van der Waals surface area contributed by atoms with Crippen LogP contribution in [0.25, 0.3) is 0 Å². The normalized spacial score (nSPS) is 22.3. The maximum absolute atomic E-state index is 12.1. The molecule has 1 atom stereocenters. The smallest absolute Gasteiger partial charge is 0.323 e. The molecule has 1 fully saturated rings. The molecule has 1 unspecified atom stereocenters. The van der Waals surface area contributed by atoms with E-state index in [1.807, 2.05) is 13.8 Å². The minimum absolute atomic E-state index is 0.221. The Morgan fingerprint density at radius 3 is 2.70 bits per heavy atom. The second-order valence-corrected chi connectivity index (χ2v) is 5.74. The lowest BCUT2D eigenvalue weighted by Gasteiger charge is -2.20. The highest BCUT2D eigenvalue weighted by molar-refractivity contribution is 5.89. The molecule has 2 rings (SSSR count). The molecule has 7 heteroatoms. The molecular weight excluding hydrogens is 260 g/mol. The number of hydrogen-bond donors (Lipinski definition) is 2. The fraction of sp³-hybridized carbons (Fsp3) is 0.615. The third kappa shape index (κ3) is 2.76. The average Bonchev–Trinajstić information content (AvgIpc) is 2.97. The van der Waals surface area contributed by atoms with Crippen LogP contribution in [-0.2, 0) is 4.79 Å². The molecule has 0 aliphatic carbocycles. The molecule has 2 heterocycles. The van der Waals surface area contributed by atoms with E-state index in [-0.39, 0.29) is 18.6 Å². The quantitative estimate of drug-likeness (QED) is 0.883. The summed E-state index contributed by atoms with van der Waals surface area (Å²) in [4.78, 5) is 24.7. The number of carbonyl (C=O) groups is 2. The molecule has 0 radical (unpaired) electrons. The van der Waals surface area contributed by atoms with Gasteiger partial charge in [0, 0.05) is 31.4 Å². The highest BCUT2D eigenvalue weighted by Crippen LogP contribution is 2.30. The summed E-state index contributed by atoms with van der Waals surface area (Å²) in [7, 11) is 0. The lowest BCUT2D eigenvalue weighted by Crippen LogP contribution is -2.37. The molecule has 2 N–H and O–H groups in total. The van der Waals surface area contributed by atoms with E-state index in [2.05, 4.69) is 10.4 Å². The van der Waals surface area contributed by atoms with Crippen molar-refractivity contribution in [1.29, 1.82) is 0 Å². The van der Waals surface area contributed by atoms with E-state index in [0.29, 0.717) is 18.8 Å². The number of hydrogen-bond acceptors (Lipinski definition) is 3. The summed E-state index contributed by atoms with van der Waals surface area (Å²) >= 11 is 0. The van der Waals surface area contributed by atoms with Crippen molar-refractivity contribution in [1.82, 2.24) is 14.7 Å². The topological polar surface area (TPSA) is 87.5 Å². The first-order valence-electron chi connectivity index (χ1n) is 6.66. The Balaban J connectivity index is 1.97. The van der Waals surface area contributed by atoms with E-state index in [0.717, 1.165) is 0 Å². The Morgan fingerprint density at radius 2 is 2.20 bits per heavy atom.